The first-order valence-electron chi connectivity index (χ1n) is 2.84. The fourth-order valence-electron chi connectivity index (χ4n) is 0.475. The van der Waals surface area contributed by atoms with Crippen LogP contribution < -0.4 is 29.6 Å². The van der Waals surface area contributed by atoms with Gasteiger partial charge in [0.25, 0.3) is 0 Å². The molecule has 50 valence electrons. The quantitative estimate of drug-likeness (QED) is 0.287. The molecule has 0 N–H and O–H groups in total. The summed E-state index contributed by atoms with van der Waals surface area (Å²) in [6.45, 7) is 3.54. The number of halogens is 2. The predicted molar refractivity (Wildman–Crippen MR) is 29.8 cm³/mol. The minimum Gasteiger partial charge on any atom is -0.343 e. The second kappa shape index (κ2) is 8.86. The van der Waals surface area contributed by atoms with Gasteiger partial charge < -0.3 is 6.92 Å². The third kappa shape index (κ3) is 12.1. The van der Waals surface area contributed by atoms with E-state index >= 15 is 0 Å². The summed E-state index contributed by atoms with van der Waals surface area (Å²) in [7, 11) is 0. The molecule has 0 atom stereocenters. The van der Waals surface area contributed by atoms with Crippen molar-refractivity contribution < 1.29 is 38.3 Å². The summed E-state index contributed by atoms with van der Waals surface area (Å²) >= 11 is 0. The van der Waals surface area contributed by atoms with Crippen molar-refractivity contribution in [2.45, 2.75) is 32.1 Å². The van der Waals surface area contributed by atoms with Gasteiger partial charge in [0.05, 0.1) is 0 Å². The van der Waals surface area contributed by atoms with Crippen LogP contribution in [0.4, 0.5) is 8.78 Å². The topological polar surface area (TPSA) is 0 Å². The zero-order valence-electron chi connectivity index (χ0n) is 5.87. The number of rotatable bonds is 4. The van der Waals surface area contributed by atoms with Gasteiger partial charge in [0.1, 0.15) is 0 Å². The van der Waals surface area contributed by atoms with E-state index in [9.17, 15) is 8.78 Å². The summed E-state index contributed by atoms with van der Waals surface area (Å²) in [5, 5.41) is 0. The minimum atomic E-state index is -2.12. The zero-order valence-corrected chi connectivity index (χ0v) is 7.87. The van der Waals surface area contributed by atoms with Crippen molar-refractivity contribution >= 4 is 0 Å². The molecule has 0 aromatic heterocycles. The Morgan fingerprint density at radius 3 is 2.11 bits per heavy atom. The van der Waals surface area contributed by atoms with Crippen LogP contribution in [-0.4, -0.2) is 6.43 Å². The summed E-state index contributed by atoms with van der Waals surface area (Å²) in [4.78, 5) is 0. The maximum absolute atomic E-state index is 11.3. The summed E-state index contributed by atoms with van der Waals surface area (Å²) in [6.07, 6.45) is 0.120. The summed E-state index contributed by atoms with van der Waals surface area (Å²) < 4.78 is 22.7. The van der Waals surface area contributed by atoms with Gasteiger partial charge in [-0.1, -0.05) is 12.8 Å². The largest absolute Gasteiger partial charge is 1.00 e. The Hall–Kier alpha value is 0.860. The second-order valence-electron chi connectivity index (χ2n) is 1.74. The Morgan fingerprint density at radius 2 is 1.78 bits per heavy atom. The van der Waals surface area contributed by atoms with Crippen LogP contribution >= 0.6 is 0 Å². The van der Waals surface area contributed by atoms with E-state index in [-0.39, 0.29) is 36.0 Å². The van der Waals surface area contributed by atoms with E-state index in [1.54, 1.807) is 0 Å². The van der Waals surface area contributed by atoms with Crippen LogP contribution in [-0.2, 0) is 0 Å². The Bertz CT molecular complexity index is 48.3. The van der Waals surface area contributed by atoms with Crippen LogP contribution in [0.15, 0.2) is 0 Å². The Balaban J connectivity index is 0. The number of unbranched alkanes of at least 4 members (excludes halogenated alkanes) is 2. The molecule has 0 radical (unpaired) electrons. The van der Waals surface area contributed by atoms with Crippen LogP contribution in [0, 0.1) is 6.92 Å². The Morgan fingerprint density at radius 1 is 1.22 bits per heavy atom. The summed E-state index contributed by atoms with van der Waals surface area (Å²) in [6, 6.07) is 0. The molecule has 0 saturated heterocycles. The Labute approximate surface area is 77.3 Å². The molecule has 0 saturated carbocycles. The standard InChI is InChI=1S/C6H11F2.Na/c1-2-3-4-5-6(7)8;/h6H,1-5H2;/q-1;+1. The van der Waals surface area contributed by atoms with Gasteiger partial charge in [-0.3, -0.25) is 0 Å². The van der Waals surface area contributed by atoms with E-state index in [1.165, 1.54) is 0 Å². The van der Waals surface area contributed by atoms with Crippen LogP contribution in [0.2, 0.25) is 0 Å². The summed E-state index contributed by atoms with van der Waals surface area (Å²) in [5.41, 5.74) is 0. The Kier molecular flexibility index (Phi) is 12.3. The molecule has 9 heavy (non-hydrogen) atoms. The monoisotopic (exact) mass is 144 g/mol. The first kappa shape index (κ1) is 12.5. The maximum Gasteiger partial charge on any atom is 1.00 e. The van der Waals surface area contributed by atoms with Crippen molar-refractivity contribution in [2.24, 2.45) is 0 Å². The molecule has 0 unspecified atom stereocenters. The summed E-state index contributed by atoms with van der Waals surface area (Å²) in [5.74, 6) is 0. The third-order valence-electron chi connectivity index (χ3n) is 0.922. The predicted octanol–water partition coefficient (Wildman–Crippen LogP) is -0.350. The van der Waals surface area contributed by atoms with Crippen molar-refractivity contribution in [1.29, 1.82) is 0 Å². The molecular formula is C6H11F2Na. The SMILES string of the molecule is [CH2-]CCCCC(F)F.[Na+]. The first-order valence-corrected chi connectivity index (χ1v) is 2.84. The van der Waals surface area contributed by atoms with Crippen molar-refractivity contribution in [3.8, 4) is 0 Å². The van der Waals surface area contributed by atoms with Crippen LogP contribution in [0.25, 0.3) is 0 Å². The minimum absolute atomic E-state index is 0. The molecule has 0 aromatic rings. The van der Waals surface area contributed by atoms with Crippen LogP contribution in [0.1, 0.15) is 25.7 Å². The smallest absolute Gasteiger partial charge is 0.343 e. The van der Waals surface area contributed by atoms with E-state index in [0.717, 1.165) is 12.8 Å². The average Bonchev–Trinajstić information content (AvgIpc) is 1.66. The molecule has 0 rings (SSSR count). The normalized spacial score (nSPS) is 9.33. The second-order valence-corrected chi connectivity index (χ2v) is 1.74. The van der Waals surface area contributed by atoms with E-state index in [1.807, 2.05) is 0 Å². The molecule has 0 nitrogen and oxygen atoms in total. The number of hydrogen-bond acceptors (Lipinski definition) is 0. The molecule has 0 aliphatic rings. The van der Waals surface area contributed by atoms with Gasteiger partial charge in [-0.05, 0) is 0 Å². The van der Waals surface area contributed by atoms with Crippen molar-refractivity contribution in [2.75, 3.05) is 0 Å². The van der Waals surface area contributed by atoms with Crippen molar-refractivity contribution in [3.05, 3.63) is 6.92 Å². The van der Waals surface area contributed by atoms with Crippen molar-refractivity contribution in [3.63, 3.8) is 0 Å². The van der Waals surface area contributed by atoms with E-state index in [4.69, 9.17) is 0 Å². The van der Waals surface area contributed by atoms with E-state index < -0.39 is 6.43 Å². The molecule has 0 amide bonds. The third-order valence-corrected chi connectivity index (χ3v) is 0.922. The van der Waals surface area contributed by atoms with Crippen LogP contribution in [0.3, 0.4) is 0 Å². The molecule has 0 fully saturated rings. The van der Waals surface area contributed by atoms with Gasteiger partial charge >= 0.3 is 29.6 Å². The molecule has 3 heteroatoms. The molecule has 0 heterocycles. The molecule has 0 aliphatic carbocycles. The molecular weight excluding hydrogens is 133 g/mol. The molecule has 0 spiro atoms. The van der Waals surface area contributed by atoms with Crippen molar-refractivity contribution in [1.82, 2.24) is 0 Å². The number of alkyl halides is 2. The van der Waals surface area contributed by atoms with Gasteiger partial charge in [0.2, 0.25) is 6.43 Å². The van der Waals surface area contributed by atoms with Gasteiger partial charge in [-0.2, -0.15) is 6.42 Å². The van der Waals surface area contributed by atoms with Crippen LogP contribution in [0.5, 0.6) is 0 Å². The van der Waals surface area contributed by atoms with Gasteiger partial charge in [-0.25, -0.2) is 8.78 Å². The zero-order chi connectivity index (χ0) is 6.41. The fourth-order valence-corrected chi connectivity index (χ4v) is 0.475. The van der Waals surface area contributed by atoms with Gasteiger partial charge in [0.15, 0.2) is 0 Å². The van der Waals surface area contributed by atoms with E-state index in [2.05, 4.69) is 6.92 Å². The first-order chi connectivity index (χ1) is 3.77. The van der Waals surface area contributed by atoms with Gasteiger partial charge in [-0.15, -0.1) is 0 Å². The van der Waals surface area contributed by atoms with E-state index in [0.29, 0.717) is 6.42 Å². The van der Waals surface area contributed by atoms with Gasteiger partial charge in [0, 0.05) is 6.42 Å². The molecule has 0 aliphatic heterocycles. The number of hydrogen-bond donors (Lipinski definition) is 0. The average molecular weight is 144 g/mol. The maximum atomic E-state index is 11.3. The fraction of sp³-hybridized carbons (Fsp3) is 0.833. The molecule has 0 aromatic carbocycles. The molecule has 0 bridgehead atoms.